The van der Waals surface area contributed by atoms with Crippen LogP contribution in [-0.2, 0) is 6.54 Å². The number of aromatic nitrogens is 4. The maximum atomic E-state index is 5.25. The highest BCUT2D eigenvalue weighted by Crippen LogP contribution is 2.38. The molecule has 0 spiro atoms. The van der Waals surface area contributed by atoms with Crippen LogP contribution in [-0.4, -0.2) is 26.0 Å². The third kappa shape index (κ3) is 2.90. The van der Waals surface area contributed by atoms with E-state index in [4.69, 9.17) is 4.52 Å². The smallest absolute Gasteiger partial charge is 0.229 e. The zero-order valence-corrected chi connectivity index (χ0v) is 12.2. The van der Waals surface area contributed by atoms with Crippen molar-refractivity contribution in [2.24, 2.45) is 0 Å². The van der Waals surface area contributed by atoms with Gasteiger partial charge in [0, 0.05) is 18.2 Å². The van der Waals surface area contributed by atoms with Gasteiger partial charge in [-0.05, 0) is 39.2 Å². The zero-order valence-electron chi connectivity index (χ0n) is 12.2. The van der Waals surface area contributed by atoms with E-state index in [1.807, 2.05) is 17.8 Å². The first-order chi connectivity index (χ1) is 9.63. The minimum absolute atomic E-state index is 0.275. The van der Waals surface area contributed by atoms with Gasteiger partial charge >= 0.3 is 0 Å². The SMILES string of the molecule is Cc1cnn([C@@H](C)[C@@H](C)NCc2noc(C3CC3)n2)c1. The lowest BCUT2D eigenvalue weighted by molar-refractivity contribution is 0.350. The molecule has 0 amide bonds. The summed E-state index contributed by atoms with van der Waals surface area (Å²) in [6.07, 6.45) is 6.30. The number of hydrogen-bond acceptors (Lipinski definition) is 5. The summed E-state index contributed by atoms with van der Waals surface area (Å²) in [5, 5.41) is 11.8. The van der Waals surface area contributed by atoms with E-state index in [0.29, 0.717) is 12.5 Å². The molecule has 6 heteroatoms. The third-order valence-electron chi connectivity index (χ3n) is 3.86. The van der Waals surface area contributed by atoms with E-state index in [2.05, 4.69) is 40.6 Å². The Bertz CT molecular complexity index is 572. The first kappa shape index (κ1) is 13.3. The summed E-state index contributed by atoms with van der Waals surface area (Å²) in [7, 11) is 0. The van der Waals surface area contributed by atoms with Crippen LogP contribution in [0, 0.1) is 6.92 Å². The van der Waals surface area contributed by atoms with Gasteiger partial charge in [-0.3, -0.25) is 4.68 Å². The number of hydrogen-bond donors (Lipinski definition) is 1. The van der Waals surface area contributed by atoms with Crippen LogP contribution in [0.1, 0.15) is 55.9 Å². The molecule has 20 heavy (non-hydrogen) atoms. The zero-order chi connectivity index (χ0) is 14.1. The Morgan fingerprint density at radius 1 is 1.45 bits per heavy atom. The molecule has 108 valence electrons. The van der Waals surface area contributed by atoms with Gasteiger partial charge in [0.25, 0.3) is 0 Å². The number of nitrogens with zero attached hydrogens (tertiary/aromatic N) is 4. The first-order valence-corrected chi connectivity index (χ1v) is 7.20. The Morgan fingerprint density at radius 2 is 2.25 bits per heavy atom. The van der Waals surface area contributed by atoms with Crippen LogP contribution in [0.2, 0.25) is 0 Å². The average molecular weight is 275 g/mol. The normalized spacial score (nSPS) is 18.1. The fraction of sp³-hybridized carbons (Fsp3) is 0.643. The van der Waals surface area contributed by atoms with Crippen molar-refractivity contribution < 1.29 is 4.52 Å². The molecule has 0 saturated heterocycles. The molecule has 1 N–H and O–H groups in total. The summed E-state index contributed by atoms with van der Waals surface area (Å²) in [5.41, 5.74) is 1.18. The van der Waals surface area contributed by atoms with Crippen LogP contribution in [0.3, 0.4) is 0 Å². The fourth-order valence-electron chi connectivity index (χ4n) is 2.14. The fourth-order valence-corrected chi connectivity index (χ4v) is 2.14. The lowest BCUT2D eigenvalue weighted by Gasteiger charge is -2.21. The van der Waals surface area contributed by atoms with Gasteiger partial charge in [-0.2, -0.15) is 10.1 Å². The second-order valence-corrected chi connectivity index (χ2v) is 5.73. The molecule has 1 aliphatic carbocycles. The van der Waals surface area contributed by atoms with Gasteiger partial charge in [0.2, 0.25) is 5.89 Å². The van der Waals surface area contributed by atoms with E-state index in [1.54, 1.807) is 0 Å². The molecule has 1 aliphatic rings. The van der Waals surface area contributed by atoms with Crippen molar-refractivity contribution in [2.75, 3.05) is 0 Å². The van der Waals surface area contributed by atoms with Crippen LogP contribution in [0.4, 0.5) is 0 Å². The number of rotatable bonds is 6. The van der Waals surface area contributed by atoms with E-state index < -0.39 is 0 Å². The topological polar surface area (TPSA) is 68.8 Å². The standard InChI is InChI=1S/C14H21N5O/c1-9-6-16-19(8-9)11(3)10(2)15-7-13-17-14(20-18-13)12-4-5-12/h6,8,10-12,15H,4-5,7H2,1-3H3/t10-,11+/m1/s1. The van der Waals surface area contributed by atoms with E-state index in [-0.39, 0.29) is 12.1 Å². The second-order valence-electron chi connectivity index (χ2n) is 5.73. The lowest BCUT2D eigenvalue weighted by atomic mass is 10.2. The van der Waals surface area contributed by atoms with E-state index in [9.17, 15) is 0 Å². The molecule has 1 fully saturated rings. The molecule has 0 aromatic carbocycles. The van der Waals surface area contributed by atoms with E-state index >= 15 is 0 Å². The summed E-state index contributed by atoms with van der Waals surface area (Å²) in [5.74, 6) is 2.05. The van der Waals surface area contributed by atoms with Crippen LogP contribution in [0.15, 0.2) is 16.9 Å². The van der Waals surface area contributed by atoms with Gasteiger partial charge in [0.05, 0.1) is 18.8 Å². The molecular weight excluding hydrogens is 254 g/mol. The Balaban J connectivity index is 1.53. The predicted octanol–water partition coefficient (Wildman–Crippen LogP) is 2.19. The highest BCUT2D eigenvalue weighted by molar-refractivity contribution is 5.02. The van der Waals surface area contributed by atoms with Crippen molar-refractivity contribution in [1.29, 1.82) is 0 Å². The van der Waals surface area contributed by atoms with Crippen molar-refractivity contribution in [3.05, 3.63) is 29.7 Å². The highest BCUT2D eigenvalue weighted by Gasteiger charge is 2.29. The Labute approximate surface area is 118 Å². The van der Waals surface area contributed by atoms with Crippen LogP contribution in [0.5, 0.6) is 0 Å². The van der Waals surface area contributed by atoms with Crippen molar-refractivity contribution >= 4 is 0 Å². The molecule has 0 aliphatic heterocycles. The minimum Gasteiger partial charge on any atom is -0.339 e. The quantitative estimate of drug-likeness (QED) is 0.875. The summed E-state index contributed by atoms with van der Waals surface area (Å²) >= 11 is 0. The van der Waals surface area contributed by atoms with Gasteiger partial charge in [-0.1, -0.05) is 5.16 Å². The third-order valence-corrected chi connectivity index (χ3v) is 3.86. The maximum Gasteiger partial charge on any atom is 0.229 e. The molecule has 0 unspecified atom stereocenters. The van der Waals surface area contributed by atoms with Crippen LogP contribution >= 0.6 is 0 Å². The number of aryl methyl sites for hydroxylation is 1. The summed E-state index contributed by atoms with van der Waals surface area (Å²) in [6, 6.07) is 0.552. The van der Waals surface area contributed by atoms with Gasteiger partial charge in [-0.25, -0.2) is 0 Å². The van der Waals surface area contributed by atoms with Gasteiger partial charge < -0.3 is 9.84 Å². The molecule has 2 atom stereocenters. The number of nitrogens with one attached hydrogen (secondary N) is 1. The predicted molar refractivity (Wildman–Crippen MR) is 74.2 cm³/mol. The maximum absolute atomic E-state index is 5.25. The van der Waals surface area contributed by atoms with Crippen molar-refractivity contribution in [1.82, 2.24) is 25.2 Å². The monoisotopic (exact) mass is 275 g/mol. The molecule has 0 radical (unpaired) electrons. The van der Waals surface area contributed by atoms with Crippen molar-refractivity contribution in [2.45, 2.75) is 58.2 Å². The molecule has 6 nitrogen and oxygen atoms in total. The highest BCUT2D eigenvalue weighted by atomic mass is 16.5. The summed E-state index contributed by atoms with van der Waals surface area (Å²) < 4.78 is 7.24. The Morgan fingerprint density at radius 3 is 2.90 bits per heavy atom. The van der Waals surface area contributed by atoms with Crippen LogP contribution < -0.4 is 5.32 Å². The summed E-state index contributed by atoms with van der Waals surface area (Å²) in [4.78, 5) is 4.42. The molecule has 3 rings (SSSR count). The molecule has 2 aromatic rings. The molecular formula is C14H21N5O. The molecule has 2 aromatic heterocycles. The van der Waals surface area contributed by atoms with E-state index in [0.717, 1.165) is 11.7 Å². The Kier molecular flexibility index (Phi) is 3.56. The van der Waals surface area contributed by atoms with Crippen molar-refractivity contribution in [3.8, 4) is 0 Å². The van der Waals surface area contributed by atoms with Gasteiger partial charge in [0.15, 0.2) is 5.82 Å². The largest absolute Gasteiger partial charge is 0.339 e. The Hall–Kier alpha value is -1.69. The van der Waals surface area contributed by atoms with Gasteiger partial charge in [-0.15, -0.1) is 0 Å². The average Bonchev–Trinajstić information content (AvgIpc) is 3.03. The van der Waals surface area contributed by atoms with Gasteiger partial charge in [0.1, 0.15) is 0 Å². The molecule has 0 bridgehead atoms. The lowest BCUT2D eigenvalue weighted by Crippen LogP contribution is -2.33. The first-order valence-electron chi connectivity index (χ1n) is 7.20. The molecule has 2 heterocycles. The minimum atomic E-state index is 0.275. The molecule has 1 saturated carbocycles. The van der Waals surface area contributed by atoms with Crippen molar-refractivity contribution in [3.63, 3.8) is 0 Å². The summed E-state index contributed by atoms with van der Waals surface area (Å²) in [6.45, 7) is 6.97. The second kappa shape index (κ2) is 5.36. The van der Waals surface area contributed by atoms with E-state index in [1.165, 1.54) is 18.4 Å². The van der Waals surface area contributed by atoms with Crippen LogP contribution in [0.25, 0.3) is 0 Å².